The maximum atomic E-state index is 14.7. The van der Waals surface area contributed by atoms with Gasteiger partial charge in [0.1, 0.15) is 5.82 Å². The molecule has 3 rings (SSSR count). The average Bonchev–Trinajstić information content (AvgIpc) is 2.67. The minimum absolute atomic E-state index is 0.245. The molecule has 0 spiro atoms. The fourth-order valence-electron chi connectivity index (χ4n) is 3.21. The Balaban J connectivity index is 2.24. The van der Waals surface area contributed by atoms with E-state index in [4.69, 9.17) is 0 Å². The number of rotatable bonds is 5. The van der Waals surface area contributed by atoms with E-state index in [0.29, 0.717) is 5.69 Å². The molecule has 0 bridgehead atoms. The van der Waals surface area contributed by atoms with Crippen LogP contribution in [-0.2, 0) is 0 Å². The van der Waals surface area contributed by atoms with Gasteiger partial charge in [-0.05, 0) is 67.8 Å². The van der Waals surface area contributed by atoms with Crippen LogP contribution in [0.5, 0.6) is 0 Å². The third-order valence-electron chi connectivity index (χ3n) is 4.47. The first-order chi connectivity index (χ1) is 13.2. The van der Waals surface area contributed by atoms with Gasteiger partial charge in [0.25, 0.3) is 0 Å². The number of aryl methyl sites for hydroxylation is 1. The van der Waals surface area contributed by atoms with Crippen molar-refractivity contribution in [3.05, 3.63) is 101 Å². The molecule has 0 N–H and O–H groups in total. The number of halogens is 1. The zero-order valence-electron chi connectivity index (χ0n) is 16.0. The second-order valence-corrected chi connectivity index (χ2v) is 6.39. The predicted molar refractivity (Wildman–Crippen MR) is 115 cm³/mol. The molecule has 3 aromatic rings. The standard InChI is InChI=1S/C25H24FN/c1-4-10-20-16-17-22(18-21(20)11-5-2)27(24-14-8-6-12-19(24)3)25-15-9-7-13-23(25)26/h4-18H,1-3H3/b10-4+,11-5-. The first-order valence-corrected chi connectivity index (χ1v) is 9.15. The normalized spacial score (nSPS) is 11.4. The molecule has 0 aliphatic carbocycles. The van der Waals surface area contributed by atoms with E-state index in [0.717, 1.165) is 28.1 Å². The summed E-state index contributed by atoms with van der Waals surface area (Å²) in [4.78, 5) is 1.98. The number of hydrogen-bond donors (Lipinski definition) is 0. The highest BCUT2D eigenvalue weighted by atomic mass is 19.1. The monoisotopic (exact) mass is 357 g/mol. The van der Waals surface area contributed by atoms with Crippen LogP contribution in [0.1, 0.15) is 30.5 Å². The molecule has 2 heteroatoms. The van der Waals surface area contributed by atoms with E-state index in [1.807, 2.05) is 80.3 Å². The summed E-state index contributed by atoms with van der Waals surface area (Å²) in [6.45, 7) is 6.05. The van der Waals surface area contributed by atoms with Gasteiger partial charge in [-0.2, -0.15) is 0 Å². The van der Waals surface area contributed by atoms with E-state index in [2.05, 4.69) is 24.3 Å². The van der Waals surface area contributed by atoms with Crippen LogP contribution in [-0.4, -0.2) is 0 Å². The zero-order valence-corrected chi connectivity index (χ0v) is 16.0. The highest BCUT2D eigenvalue weighted by Gasteiger charge is 2.18. The molecule has 0 aliphatic heterocycles. The minimum Gasteiger partial charge on any atom is -0.307 e. The topological polar surface area (TPSA) is 3.24 Å². The summed E-state index contributed by atoms with van der Waals surface area (Å²) in [5.41, 5.74) is 5.76. The van der Waals surface area contributed by atoms with E-state index in [1.165, 1.54) is 6.07 Å². The van der Waals surface area contributed by atoms with E-state index in [9.17, 15) is 4.39 Å². The Morgan fingerprint density at radius 1 is 0.741 bits per heavy atom. The number of anilines is 3. The van der Waals surface area contributed by atoms with Crippen molar-refractivity contribution in [2.45, 2.75) is 20.8 Å². The zero-order chi connectivity index (χ0) is 19.2. The highest BCUT2D eigenvalue weighted by Crippen LogP contribution is 2.38. The quantitative estimate of drug-likeness (QED) is 0.453. The number of allylic oxidation sites excluding steroid dienone is 2. The Morgan fingerprint density at radius 2 is 1.37 bits per heavy atom. The van der Waals surface area contributed by atoms with Crippen LogP contribution in [0.15, 0.2) is 78.9 Å². The lowest BCUT2D eigenvalue weighted by Gasteiger charge is -2.28. The molecule has 0 saturated heterocycles. The summed E-state index contributed by atoms with van der Waals surface area (Å²) in [5, 5.41) is 0. The van der Waals surface area contributed by atoms with Crippen molar-refractivity contribution in [1.29, 1.82) is 0 Å². The molecule has 3 aromatic carbocycles. The average molecular weight is 357 g/mol. The molecule has 0 aromatic heterocycles. The van der Waals surface area contributed by atoms with Crippen LogP contribution in [0.2, 0.25) is 0 Å². The lowest BCUT2D eigenvalue weighted by Crippen LogP contribution is -2.13. The van der Waals surface area contributed by atoms with Crippen molar-refractivity contribution in [1.82, 2.24) is 0 Å². The Morgan fingerprint density at radius 3 is 2.04 bits per heavy atom. The Kier molecular flexibility index (Phi) is 5.87. The summed E-state index contributed by atoms with van der Waals surface area (Å²) < 4.78 is 14.7. The van der Waals surface area contributed by atoms with Gasteiger partial charge in [-0.3, -0.25) is 0 Å². The van der Waals surface area contributed by atoms with Gasteiger partial charge >= 0.3 is 0 Å². The molecule has 27 heavy (non-hydrogen) atoms. The molecular formula is C25H24FN. The lowest BCUT2D eigenvalue weighted by atomic mass is 10.0. The van der Waals surface area contributed by atoms with Crippen molar-refractivity contribution in [2.75, 3.05) is 4.90 Å². The van der Waals surface area contributed by atoms with E-state index >= 15 is 0 Å². The first kappa shape index (κ1) is 18.7. The van der Waals surface area contributed by atoms with Crippen molar-refractivity contribution in [2.24, 2.45) is 0 Å². The fourth-order valence-corrected chi connectivity index (χ4v) is 3.21. The maximum absolute atomic E-state index is 14.7. The van der Waals surface area contributed by atoms with Crippen LogP contribution in [0.25, 0.3) is 12.2 Å². The molecule has 0 fully saturated rings. The number of benzene rings is 3. The first-order valence-electron chi connectivity index (χ1n) is 9.15. The van der Waals surface area contributed by atoms with Crippen LogP contribution >= 0.6 is 0 Å². The third kappa shape index (κ3) is 4.01. The van der Waals surface area contributed by atoms with Gasteiger partial charge in [-0.1, -0.05) is 60.7 Å². The summed E-state index contributed by atoms with van der Waals surface area (Å²) >= 11 is 0. The van der Waals surface area contributed by atoms with Gasteiger partial charge < -0.3 is 4.90 Å². The van der Waals surface area contributed by atoms with Crippen molar-refractivity contribution < 1.29 is 4.39 Å². The molecule has 0 amide bonds. The van der Waals surface area contributed by atoms with Gasteiger partial charge in [0.2, 0.25) is 0 Å². The van der Waals surface area contributed by atoms with Crippen molar-refractivity contribution >= 4 is 29.2 Å². The van der Waals surface area contributed by atoms with Crippen molar-refractivity contribution in [3.8, 4) is 0 Å². The van der Waals surface area contributed by atoms with Gasteiger partial charge in [0.15, 0.2) is 0 Å². The number of nitrogens with zero attached hydrogens (tertiary/aromatic N) is 1. The van der Waals surface area contributed by atoms with Gasteiger partial charge in [0.05, 0.1) is 5.69 Å². The Labute approximate surface area is 161 Å². The molecule has 0 radical (unpaired) electrons. The molecule has 1 nitrogen and oxygen atoms in total. The van der Waals surface area contributed by atoms with Crippen molar-refractivity contribution in [3.63, 3.8) is 0 Å². The molecule has 0 aliphatic rings. The smallest absolute Gasteiger partial charge is 0.147 e. The molecule has 0 heterocycles. The van der Waals surface area contributed by atoms with Crippen LogP contribution in [0.4, 0.5) is 21.5 Å². The lowest BCUT2D eigenvalue weighted by molar-refractivity contribution is 0.629. The van der Waals surface area contributed by atoms with Crippen LogP contribution < -0.4 is 4.90 Å². The highest BCUT2D eigenvalue weighted by molar-refractivity contribution is 5.81. The van der Waals surface area contributed by atoms with Crippen LogP contribution in [0, 0.1) is 12.7 Å². The largest absolute Gasteiger partial charge is 0.307 e. The molecule has 0 atom stereocenters. The summed E-state index contributed by atoms with van der Waals surface area (Å²) in [7, 11) is 0. The molecule has 136 valence electrons. The SMILES string of the molecule is C/C=C\c1cc(N(c2ccccc2C)c2ccccc2F)ccc1/C=C/C. The molecular weight excluding hydrogens is 333 g/mol. The molecule has 0 saturated carbocycles. The Bertz CT molecular complexity index is 940. The van der Waals surface area contributed by atoms with E-state index in [-0.39, 0.29) is 5.82 Å². The van der Waals surface area contributed by atoms with Gasteiger partial charge in [-0.15, -0.1) is 0 Å². The van der Waals surface area contributed by atoms with Gasteiger partial charge in [-0.25, -0.2) is 4.39 Å². The summed E-state index contributed by atoms with van der Waals surface area (Å²) in [6.07, 6.45) is 8.21. The number of hydrogen-bond acceptors (Lipinski definition) is 1. The number of para-hydroxylation sites is 2. The fraction of sp³-hybridized carbons (Fsp3) is 0.120. The Hall–Kier alpha value is -3.13. The summed E-state index contributed by atoms with van der Waals surface area (Å²) in [6, 6.07) is 21.2. The predicted octanol–water partition coefficient (Wildman–Crippen LogP) is 7.67. The second kappa shape index (κ2) is 8.50. The molecule has 0 unspecified atom stereocenters. The minimum atomic E-state index is -0.245. The van der Waals surface area contributed by atoms with Gasteiger partial charge in [0, 0.05) is 11.4 Å². The third-order valence-corrected chi connectivity index (χ3v) is 4.47. The van der Waals surface area contributed by atoms with E-state index < -0.39 is 0 Å². The maximum Gasteiger partial charge on any atom is 0.147 e. The second-order valence-electron chi connectivity index (χ2n) is 6.39. The van der Waals surface area contributed by atoms with E-state index in [1.54, 1.807) is 6.07 Å². The van der Waals surface area contributed by atoms with Crippen LogP contribution in [0.3, 0.4) is 0 Å². The summed E-state index contributed by atoms with van der Waals surface area (Å²) in [5.74, 6) is -0.245.